The summed E-state index contributed by atoms with van der Waals surface area (Å²) in [7, 11) is 0. The quantitative estimate of drug-likeness (QED) is 0.564. The molecule has 1 aromatic rings. The molecule has 3 aliphatic rings. The lowest BCUT2D eigenvalue weighted by Gasteiger charge is -2.39. The van der Waals surface area contributed by atoms with Crippen molar-refractivity contribution in [2.24, 2.45) is 21.8 Å². The maximum atomic E-state index is 13.8. The Hall–Kier alpha value is -1.91. The average Bonchev–Trinajstić information content (AvgIpc) is 3.28. The van der Waals surface area contributed by atoms with Gasteiger partial charge in [0.1, 0.15) is 5.82 Å². The number of carbonyl (C=O) groups excluding carboxylic acids is 1. The number of unbranched alkanes of at least 4 members (excludes halogenated alkanes) is 2. The third-order valence-electron chi connectivity index (χ3n) is 8.62. The molecule has 1 aromatic carbocycles. The maximum absolute atomic E-state index is 13.8. The maximum Gasteiger partial charge on any atom is 0.338 e. The number of hydrogen-bond donors (Lipinski definition) is 1. The molecule has 0 radical (unpaired) electrons. The van der Waals surface area contributed by atoms with E-state index in [2.05, 4.69) is 33.0 Å². The molecule has 4 rings (SSSR count). The van der Waals surface area contributed by atoms with Gasteiger partial charge in [0.05, 0.1) is 6.54 Å². The van der Waals surface area contributed by atoms with Gasteiger partial charge in [-0.2, -0.15) is 5.10 Å². The van der Waals surface area contributed by atoms with Crippen molar-refractivity contribution in [3.05, 3.63) is 35.6 Å². The van der Waals surface area contributed by atoms with Crippen molar-refractivity contribution in [1.29, 1.82) is 0 Å². The number of urea groups is 1. The fourth-order valence-electron chi connectivity index (χ4n) is 6.12. The Morgan fingerprint density at radius 2 is 2.10 bits per heavy atom. The molecule has 4 nitrogen and oxygen atoms in total. The fraction of sp³-hybridized carbons (Fsp3) is 0.680. The highest BCUT2D eigenvalue weighted by Gasteiger charge is 2.61. The Morgan fingerprint density at radius 3 is 2.73 bits per heavy atom. The predicted molar refractivity (Wildman–Crippen MR) is 119 cm³/mol. The van der Waals surface area contributed by atoms with E-state index in [4.69, 9.17) is 5.10 Å². The first-order valence-electron chi connectivity index (χ1n) is 11.7. The molecule has 2 fully saturated rings. The predicted octanol–water partition coefficient (Wildman–Crippen LogP) is 6.09. The normalized spacial score (nSPS) is 31.8. The van der Waals surface area contributed by atoms with E-state index < -0.39 is 0 Å². The molecule has 30 heavy (non-hydrogen) atoms. The molecule has 2 aliphatic carbocycles. The first kappa shape index (κ1) is 21.3. The van der Waals surface area contributed by atoms with Crippen molar-refractivity contribution in [2.75, 3.05) is 6.54 Å². The van der Waals surface area contributed by atoms with Crippen molar-refractivity contribution >= 4 is 11.7 Å². The molecule has 164 valence electrons. The smallest absolute Gasteiger partial charge is 0.333 e. The molecule has 3 unspecified atom stereocenters. The van der Waals surface area contributed by atoms with E-state index in [0.29, 0.717) is 12.5 Å². The summed E-state index contributed by atoms with van der Waals surface area (Å²) >= 11 is 0. The van der Waals surface area contributed by atoms with Crippen LogP contribution in [0.4, 0.5) is 9.18 Å². The lowest BCUT2D eigenvalue weighted by molar-refractivity contribution is 0.118. The molecule has 4 atom stereocenters. The molecule has 0 aromatic heterocycles. The zero-order valence-corrected chi connectivity index (χ0v) is 18.9. The summed E-state index contributed by atoms with van der Waals surface area (Å²) in [6, 6.07) is 6.84. The van der Waals surface area contributed by atoms with Crippen molar-refractivity contribution < 1.29 is 9.18 Å². The summed E-state index contributed by atoms with van der Waals surface area (Å²) in [4.78, 5) is 13.2. The van der Waals surface area contributed by atoms with Crippen LogP contribution in [0.2, 0.25) is 0 Å². The minimum Gasteiger partial charge on any atom is -0.333 e. The van der Waals surface area contributed by atoms with E-state index in [-0.39, 0.29) is 34.6 Å². The topological polar surface area (TPSA) is 44.7 Å². The Bertz CT molecular complexity index is 835. The second-order valence-electron chi connectivity index (χ2n) is 10.4. The lowest BCUT2D eigenvalue weighted by Crippen LogP contribution is -2.50. The Labute approximate surface area is 180 Å². The SMILES string of the molecule is CCCCCC1=NN(C(=O)N[C@H]2CC3CCC2(C)C3(C)C)CC1c1cccc(F)c1. The molecule has 5 heteroatoms. The summed E-state index contributed by atoms with van der Waals surface area (Å²) in [5.41, 5.74) is 2.31. The highest BCUT2D eigenvalue weighted by atomic mass is 19.1. The van der Waals surface area contributed by atoms with Gasteiger partial charge in [-0.1, -0.05) is 52.7 Å². The number of hydrazone groups is 1. The van der Waals surface area contributed by atoms with Gasteiger partial charge < -0.3 is 5.32 Å². The highest BCUT2D eigenvalue weighted by Crippen LogP contribution is 2.65. The van der Waals surface area contributed by atoms with E-state index in [1.165, 1.54) is 18.9 Å². The molecule has 1 aliphatic heterocycles. The van der Waals surface area contributed by atoms with Crippen LogP contribution in [-0.4, -0.2) is 29.3 Å². The summed E-state index contributed by atoms with van der Waals surface area (Å²) in [5, 5.41) is 9.65. The summed E-state index contributed by atoms with van der Waals surface area (Å²) in [6.45, 7) is 9.72. The lowest BCUT2D eigenvalue weighted by atomic mass is 9.69. The van der Waals surface area contributed by atoms with Crippen molar-refractivity contribution in [3.8, 4) is 0 Å². The van der Waals surface area contributed by atoms with Gasteiger partial charge in [0.15, 0.2) is 0 Å². The van der Waals surface area contributed by atoms with Gasteiger partial charge in [0.25, 0.3) is 0 Å². The Balaban J connectivity index is 1.49. The molecule has 1 N–H and O–H groups in total. The van der Waals surface area contributed by atoms with E-state index in [1.807, 2.05) is 6.07 Å². The van der Waals surface area contributed by atoms with Crippen LogP contribution < -0.4 is 5.32 Å². The highest BCUT2D eigenvalue weighted by molar-refractivity contribution is 5.94. The minimum atomic E-state index is -0.236. The van der Waals surface area contributed by atoms with Crippen LogP contribution in [-0.2, 0) is 0 Å². The fourth-order valence-corrected chi connectivity index (χ4v) is 6.12. The first-order valence-corrected chi connectivity index (χ1v) is 11.7. The van der Waals surface area contributed by atoms with Crippen LogP contribution in [0.15, 0.2) is 29.4 Å². The summed E-state index contributed by atoms with van der Waals surface area (Å²) in [5.74, 6) is 0.426. The van der Waals surface area contributed by atoms with Crippen LogP contribution >= 0.6 is 0 Å². The zero-order valence-electron chi connectivity index (χ0n) is 18.9. The van der Waals surface area contributed by atoms with Crippen LogP contribution in [0.3, 0.4) is 0 Å². The number of nitrogens with one attached hydrogen (secondary N) is 1. The molecule has 0 saturated heterocycles. The van der Waals surface area contributed by atoms with E-state index in [9.17, 15) is 9.18 Å². The van der Waals surface area contributed by atoms with Crippen LogP contribution in [0.1, 0.15) is 84.1 Å². The van der Waals surface area contributed by atoms with Crippen molar-refractivity contribution in [1.82, 2.24) is 10.3 Å². The average molecular weight is 414 g/mol. The number of nitrogens with zero attached hydrogens (tertiary/aromatic N) is 2. The molecule has 0 spiro atoms. The largest absolute Gasteiger partial charge is 0.338 e. The van der Waals surface area contributed by atoms with E-state index >= 15 is 0 Å². The molecular weight excluding hydrogens is 377 g/mol. The third kappa shape index (κ3) is 3.54. The number of amides is 2. The monoisotopic (exact) mass is 413 g/mol. The Morgan fingerprint density at radius 1 is 1.30 bits per heavy atom. The third-order valence-corrected chi connectivity index (χ3v) is 8.62. The van der Waals surface area contributed by atoms with Gasteiger partial charge in [-0.15, -0.1) is 0 Å². The van der Waals surface area contributed by atoms with E-state index in [1.54, 1.807) is 17.1 Å². The van der Waals surface area contributed by atoms with Crippen molar-refractivity contribution in [2.45, 2.75) is 84.6 Å². The number of rotatable bonds is 6. The van der Waals surface area contributed by atoms with Gasteiger partial charge in [-0.25, -0.2) is 14.2 Å². The van der Waals surface area contributed by atoms with Gasteiger partial charge in [-0.3, -0.25) is 0 Å². The number of carbonyl (C=O) groups is 1. The second kappa shape index (κ2) is 7.97. The number of fused-ring (bicyclic) bond motifs is 2. The first-order chi connectivity index (χ1) is 14.3. The number of hydrogen-bond acceptors (Lipinski definition) is 2. The van der Waals surface area contributed by atoms with Crippen LogP contribution in [0, 0.1) is 22.6 Å². The molecule has 2 saturated carbocycles. The molecule has 2 amide bonds. The van der Waals surface area contributed by atoms with Crippen LogP contribution in [0.5, 0.6) is 0 Å². The number of benzene rings is 1. The molecular formula is C25H36FN3O. The Kier molecular flexibility index (Phi) is 5.67. The van der Waals surface area contributed by atoms with Gasteiger partial charge in [-0.05, 0) is 66.5 Å². The molecule has 1 heterocycles. The second-order valence-corrected chi connectivity index (χ2v) is 10.4. The molecule has 2 bridgehead atoms. The standard InChI is InChI=1S/C25H36FN3O/c1-5-6-7-11-21-20(17-9-8-10-19(26)14-17)16-29(28-21)23(30)27-22-15-18-12-13-25(22,4)24(18,2)3/h8-10,14,18,20,22H,5-7,11-13,15-16H2,1-4H3,(H,27,30)/t18?,20?,22-,25?/m0/s1. The minimum absolute atomic E-state index is 0.0182. The van der Waals surface area contributed by atoms with Gasteiger partial charge in [0.2, 0.25) is 0 Å². The van der Waals surface area contributed by atoms with Gasteiger partial charge in [0, 0.05) is 17.7 Å². The summed E-state index contributed by atoms with van der Waals surface area (Å²) in [6.07, 6.45) is 7.68. The van der Waals surface area contributed by atoms with E-state index in [0.717, 1.165) is 43.4 Å². The zero-order chi connectivity index (χ0) is 21.5. The van der Waals surface area contributed by atoms with Crippen molar-refractivity contribution in [3.63, 3.8) is 0 Å². The number of halogens is 1. The summed E-state index contributed by atoms with van der Waals surface area (Å²) < 4.78 is 13.8. The van der Waals surface area contributed by atoms with Gasteiger partial charge >= 0.3 is 6.03 Å². The van der Waals surface area contributed by atoms with Crippen LogP contribution in [0.25, 0.3) is 0 Å².